The van der Waals surface area contributed by atoms with Crippen LogP contribution in [0, 0.1) is 6.92 Å². The second kappa shape index (κ2) is 4.91. The molecule has 1 aliphatic heterocycles. The van der Waals surface area contributed by atoms with Crippen LogP contribution in [0.2, 0.25) is 0 Å². The van der Waals surface area contributed by atoms with Crippen LogP contribution in [0.15, 0.2) is 4.99 Å². The van der Waals surface area contributed by atoms with Gasteiger partial charge in [-0.3, -0.25) is 0 Å². The number of nitrogens with two attached hydrogens (primary N) is 1. The number of aliphatic imine (C=N–C) groups is 1. The number of hydrogen-bond acceptors (Lipinski definition) is 4. The first-order valence-corrected chi connectivity index (χ1v) is 6.23. The Labute approximate surface area is 112 Å². The number of carbonyl (C=O) groups is 1. The zero-order valence-electron chi connectivity index (χ0n) is 11.7. The lowest BCUT2D eigenvalue weighted by atomic mass is 10.1. The molecule has 1 atom stereocenters. The average Bonchev–Trinajstić information content (AvgIpc) is 2.77. The third-order valence-electron chi connectivity index (χ3n) is 3.21. The molecule has 1 aromatic heterocycles. The summed E-state index contributed by atoms with van der Waals surface area (Å²) in [5.41, 5.74) is 7.52. The van der Waals surface area contributed by atoms with Crippen molar-refractivity contribution in [2.45, 2.75) is 26.3 Å². The molecule has 104 valence electrons. The maximum atomic E-state index is 11.9. The molecule has 0 fully saturated rings. The lowest BCUT2D eigenvalue weighted by Gasteiger charge is -2.24. The summed E-state index contributed by atoms with van der Waals surface area (Å²) in [5.74, 6) is 0.907. The van der Waals surface area contributed by atoms with Crippen LogP contribution >= 0.6 is 0 Å². The lowest BCUT2D eigenvalue weighted by Crippen LogP contribution is -2.34. The number of hydrogen-bond donors (Lipinski definition) is 1. The van der Waals surface area contributed by atoms with Gasteiger partial charge in [-0.25, -0.2) is 9.48 Å². The lowest BCUT2D eigenvalue weighted by molar-refractivity contribution is 0.205. The highest BCUT2D eigenvalue weighted by Gasteiger charge is 2.38. The van der Waals surface area contributed by atoms with Gasteiger partial charge in [-0.2, -0.15) is 10.1 Å². The number of aryl methyl sites for hydroxylation is 2. The van der Waals surface area contributed by atoms with Crippen LogP contribution in [0.4, 0.5) is 4.79 Å². The van der Waals surface area contributed by atoms with Crippen molar-refractivity contribution < 1.29 is 9.53 Å². The molecule has 0 aliphatic carbocycles. The monoisotopic (exact) mass is 265 g/mol. The standard InChI is InChI=1S/C12H19N5O2/c1-5-6-17-9(10(13)14-12(17)18)8-7(2)15-16(3)11(8)19-4/h9H,5-6H2,1-4H3,(H2,13,14,18). The molecule has 0 bridgehead atoms. The van der Waals surface area contributed by atoms with E-state index in [1.54, 1.807) is 23.7 Å². The Hall–Kier alpha value is -2.05. The minimum absolute atomic E-state index is 0.297. The van der Waals surface area contributed by atoms with Crippen molar-refractivity contribution in [2.24, 2.45) is 17.8 Å². The van der Waals surface area contributed by atoms with Crippen molar-refractivity contribution in [3.63, 3.8) is 0 Å². The molecule has 0 aromatic carbocycles. The Bertz CT molecular complexity index is 534. The van der Waals surface area contributed by atoms with Gasteiger partial charge in [0.25, 0.3) is 0 Å². The summed E-state index contributed by atoms with van der Waals surface area (Å²) in [5, 5.41) is 4.32. The molecule has 2 amide bonds. The molecule has 19 heavy (non-hydrogen) atoms. The third kappa shape index (κ3) is 2.05. The van der Waals surface area contributed by atoms with Crippen LogP contribution in [0.3, 0.4) is 0 Å². The Kier molecular flexibility index (Phi) is 3.46. The molecular formula is C12H19N5O2. The molecule has 2 heterocycles. The predicted octanol–water partition coefficient (Wildman–Crippen LogP) is 0.981. The number of carbonyl (C=O) groups excluding carboxylic acids is 1. The molecule has 0 radical (unpaired) electrons. The van der Waals surface area contributed by atoms with Gasteiger partial charge in [0.05, 0.1) is 18.4 Å². The summed E-state index contributed by atoms with van der Waals surface area (Å²) < 4.78 is 7.02. The molecule has 7 nitrogen and oxygen atoms in total. The van der Waals surface area contributed by atoms with Gasteiger partial charge in [-0.15, -0.1) is 0 Å². The highest BCUT2D eigenvalue weighted by Crippen LogP contribution is 2.35. The molecule has 0 saturated heterocycles. The third-order valence-corrected chi connectivity index (χ3v) is 3.21. The summed E-state index contributed by atoms with van der Waals surface area (Å²) in [6, 6.07) is -0.675. The molecule has 1 unspecified atom stereocenters. The number of aromatic nitrogens is 2. The number of amides is 2. The number of methoxy groups -OCH3 is 1. The second-order valence-corrected chi connectivity index (χ2v) is 4.55. The van der Waals surface area contributed by atoms with Gasteiger partial charge < -0.3 is 15.4 Å². The van der Waals surface area contributed by atoms with Crippen molar-refractivity contribution in [3.8, 4) is 5.88 Å². The highest BCUT2D eigenvalue weighted by atomic mass is 16.5. The van der Waals surface area contributed by atoms with E-state index in [1.807, 2.05) is 13.8 Å². The Morgan fingerprint density at radius 1 is 1.47 bits per heavy atom. The Morgan fingerprint density at radius 2 is 2.16 bits per heavy atom. The van der Waals surface area contributed by atoms with Crippen LogP contribution in [0.5, 0.6) is 5.88 Å². The fourth-order valence-corrected chi connectivity index (χ4v) is 2.49. The molecule has 0 spiro atoms. The fraction of sp³-hybridized carbons (Fsp3) is 0.583. The van der Waals surface area contributed by atoms with E-state index in [0.717, 1.165) is 17.7 Å². The van der Waals surface area contributed by atoms with E-state index in [0.29, 0.717) is 18.3 Å². The average molecular weight is 265 g/mol. The quantitative estimate of drug-likeness (QED) is 0.879. The zero-order valence-corrected chi connectivity index (χ0v) is 11.7. The molecule has 0 saturated carbocycles. The van der Waals surface area contributed by atoms with Crippen LogP contribution < -0.4 is 10.5 Å². The number of amidine groups is 1. The maximum Gasteiger partial charge on any atom is 0.346 e. The van der Waals surface area contributed by atoms with Gasteiger partial charge in [-0.1, -0.05) is 6.92 Å². The summed E-state index contributed by atoms with van der Waals surface area (Å²) in [6.45, 7) is 4.48. The van der Waals surface area contributed by atoms with Crippen LogP contribution in [0.25, 0.3) is 0 Å². The second-order valence-electron chi connectivity index (χ2n) is 4.55. The van der Waals surface area contributed by atoms with Crippen LogP contribution in [-0.4, -0.2) is 40.2 Å². The number of nitrogens with zero attached hydrogens (tertiary/aromatic N) is 4. The molecule has 2 N–H and O–H groups in total. The first-order valence-electron chi connectivity index (χ1n) is 6.23. The summed E-state index contributed by atoms with van der Waals surface area (Å²) >= 11 is 0. The van der Waals surface area contributed by atoms with Gasteiger partial charge >= 0.3 is 6.03 Å². The summed E-state index contributed by atoms with van der Waals surface area (Å²) in [4.78, 5) is 17.4. The van der Waals surface area contributed by atoms with Gasteiger partial charge in [0.1, 0.15) is 11.9 Å². The van der Waals surface area contributed by atoms with E-state index in [2.05, 4.69) is 10.1 Å². The predicted molar refractivity (Wildman–Crippen MR) is 71.3 cm³/mol. The first-order chi connectivity index (χ1) is 9.01. The van der Waals surface area contributed by atoms with Crippen molar-refractivity contribution in [1.82, 2.24) is 14.7 Å². The zero-order chi connectivity index (χ0) is 14.2. The van der Waals surface area contributed by atoms with Crippen molar-refractivity contribution in [2.75, 3.05) is 13.7 Å². The normalized spacial score (nSPS) is 18.9. The Morgan fingerprint density at radius 3 is 2.74 bits per heavy atom. The number of urea groups is 1. The van der Waals surface area contributed by atoms with Crippen molar-refractivity contribution >= 4 is 11.9 Å². The molecular weight excluding hydrogens is 246 g/mol. The van der Waals surface area contributed by atoms with Crippen molar-refractivity contribution in [1.29, 1.82) is 0 Å². The first kappa shape index (κ1) is 13.4. The maximum absolute atomic E-state index is 11.9. The minimum Gasteiger partial charge on any atom is -0.481 e. The van der Waals surface area contributed by atoms with E-state index < -0.39 is 0 Å². The van der Waals surface area contributed by atoms with Gasteiger partial charge in [0, 0.05) is 13.6 Å². The molecule has 1 aromatic rings. The van der Waals surface area contributed by atoms with Crippen molar-refractivity contribution in [3.05, 3.63) is 11.3 Å². The smallest absolute Gasteiger partial charge is 0.346 e. The van der Waals surface area contributed by atoms with E-state index in [1.165, 1.54) is 0 Å². The van der Waals surface area contributed by atoms with E-state index in [-0.39, 0.29) is 12.1 Å². The topological polar surface area (TPSA) is 85.7 Å². The van der Waals surface area contributed by atoms with Gasteiger partial charge in [0.2, 0.25) is 5.88 Å². The molecule has 2 rings (SSSR count). The SMILES string of the molecule is CCCN1C(=O)N=C(N)C1c1c(C)nn(C)c1OC. The fourth-order valence-electron chi connectivity index (χ4n) is 2.49. The number of rotatable bonds is 4. The van der Waals surface area contributed by atoms with E-state index in [9.17, 15) is 4.79 Å². The largest absolute Gasteiger partial charge is 0.481 e. The van der Waals surface area contributed by atoms with Crippen LogP contribution in [-0.2, 0) is 7.05 Å². The summed E-state index contributed by atoms with van der Waals surface area (Å²) in [7, 11) is 3.37. The van der Waals surface area contributed by atoms with Gasteiger partial charge in [0.15, 0.2) is 0 Å². The Balaban J connectivity index is 2.50. The molecule has 7 heteroatoms. The van der Waals surface area contributed by atoms with Gasteiger partial charge in [-0.05, 0) is 13.3 Å². The van der Waals surface area contributed by atoms with E-state index in [4.69, 9.17) is 10.5 Å². The highest BCUT2D eigenvalue weighted by molar-refractivity contribution is 6.03. The molecule has 1 aliphatic rings. The van der Waals surface area contributed by atoms with Crippen LogP contribution in [0.1, 0.15) is 30.6 Å². The summed E-state index contributed by atoms with van der Waals surface area (Å²) in [6.07, 6.45) is 0.840. The van der Waals surface area contributed by atoms with E-state index >= 15 is 0 Å². The number of ether oxygens (including phenoxy) is 1. The minimum atomic E-state index is -0.379.